The van der Waals surface area contributed by atoms with Crippen LogP contribution in [0.3, 0.4) is 0 Å². The summed E-state index contributed by atoms with van der Waals surface area (Å²) in [4.78, 5) is 7.12. The summed E-state index contributed by atoms with van der Waals surface area (Å²) in [5.41, 5.74) is 4.84. The second-order valence-corrected chi connectivity index (χ2v) is 7.42. The summed E-state index contributed by atoms with van der Waals surface area (Å²) in [6.07, 6.45) is 1.06. The zero-order valence-electron chi connectivity index (χ0n) is 14.5. The number of nitrogens with one attached hydrogen (secondary N) is 1. The van der Waals surface area contributed by atoms with Crippen LogP contribution in [0.5, 0.6) is 0 Å². The molecule has 25 heavy (non-hydrogen) atoms. The van der Waals surface area contributed by atoms with Gasteiger partial charge >= 0.3 is 0 Å². The summed E-state index contributed by atoms with van der Waals surface area (Å²) in [5.74, 6) is 0. The van der Waals surface area contributed by atoms with Crippen molar-refractivity contribution in [3.8, 4) is 0 Å². The Morgan fingerprint density at radius 2 is 1.84 bits per heavy atom. The maximum Gasteiger partial charge on any atom is 0.188 e. The molecule has 0 radical (unpaired) electrons. The number of anilines is 2. The Hall–Kier alpha value is -1.95. The van der Waals surface area contributed by atoms with Crippen molar-refractivity contribution >= 4 is 32.4 Å². The number of aryl methyl sites for hydroxylation is 1. The van der Waals surface area contributed by atoms with Crippen molar-refractivity contribution in [1.82, 2.24) is 9.88 Å². The Labute approximate surface area is 152 Å². The van der Waals surface area contributed by atoms with E-state index in [0.717, 1.165) is 55.6 Å². The van der Waals surface area contributed by atoms with Gasteiger partial charge in [0, 0.05) is 25.3 Å². The van der Waals surface area contributed by atoms with E-state index >= 15 is 0 Å². The zero-order valence-corrected chi connectivity index (χ0v) is 15.3. The Balaban J connectivity index is 1.43. The van der Waals surface area contributed by atoms with Crippen LogP contribution in [0.1, 0.15) is 18.1 Å². The minimum absolute atomic E-state index is 0.844. The minimum Gasteiger partial charge on any atom is -0.379 e. The summed E-state index contributed by atoms with van der Waals surface area (Å²) < 4.78 is 6.65. The average Bonchev–Trinajstić information content (AvgIpc) is 3.05. The number of hydrogen-bond donors (Lipinski definition) is 1. The number of rotatable bonds is 5. The molecule has 1 fully saturated rings. The molecular formula is C20H23N3OS. The van der Waals surface area contributed by atoms with Crippen molar-refractivity contribution in [1.29, 1.82) is 0 Å². The first kappa shape index (κ1) is 16.5. The molecule has 0 saturated carbocycles. The van der Waals surface area contributed by atoms with E-state index in [1.165, 1.54) is 15.8 Å². The molecule has 0 bridgehead atoms. The van der Waals surface area contributed by atoms with E-state index in [1.54, 1.807) is 11.3 Å². The lowest BCUT2D eigenvalue weighted by molar-refractivity contribution is 0.0342. The maximum absolute atomic E-state index is 5.40. The number of ether oxygens (including phenoxy) is 1. The van der Waals surface area contributed by atoms with Crippen LogP contribution in [0.4, 0.5) is 10.8 Å². The fraction of sp³-hybridized carbons (Fsp3) is 0.350. The standard InChI is InChI=1S/C20H23N3OS/c1-2-15-5-8-18-19(13-15)25-20(22-18)21-17-6-3-16(4-7-17)14-23-9-11-24-12-10-23/h3-8,13H,2,9-12,14H2,1H3,(H,21,22). The van der Waals surface area contributed by atoms with Gasteiger partial charge in [-0.15, -0.1) is 0 Å². The summed E-state index contributed by atoms with van der Waals surface area (Å²) >= 11 is 1.71. The first-order valence-electron chi connectivity index (χ1n) is 8.86. The SMILES string of the molecule is CCc1ccc2nc(Nc3ccc(CN4CCOCC4)cc3)sc2c1. The van der Waals surface area contributed by atoms with Crippen LogP contribution < -0.4 is 5.32 Å². The van der Waals surface area contributed by atoms with Gasteiger partial charge in [0.15, 0.2) is 5.13 Å². The molecule has 2 heterocycles. The highest BCUT2D eigenvalue weighted by Gasteiger charge is 2.10. The van der Waals surface area contributed by atoms with Gasteiger partial charge in [-0.3, -0.25) is 4.90 Å². The van der Waals surface area contributed by atoms with Crippen molar-refractivity contribution in [3.63, 3.8) is 0 Å². The number of fused-ring (bicyclic) bond motifs is 1. The van der Waals surface area contributed by atoms with Crippen molar-refractivity contribution in [2.75, 3.05) is 31.6 Å². The van der Waals surface area contributed by atoms with Crippen molar-refractivity contribution < 1.29 is 4.74 Å². The number of thiazole rings is 1. The topological polar surface area (TPSA) is 37.4 Å². The normalized spacial score (nSPS) is 15.6. The lowest BCUT2D eigenvalue weighted by atomic mass is 10.2. The minimum atomic E-state index is 0.844. The van der Waals surface area contributed by atoms with Gasteiger partial charge in [-0.2, -0.15) is 0 Å². The van der Waals surface area contributed by atoms with Crippen LogP contribution in [0.2, 0.25) is 0 Å². The van der Waals surface area contributed by atoms with Crippen molar-refractivity contribution in [3.05, 3.63) is 53.6 Å². The van der Waals surface area contributed by atoms with E-state index in [2.05, 4.69) is 64.6 Å². The molecule has 5 heteroatoms. The van der Waals surface area contributed by atoms with E-state index in [4.69, 9.17) is 4.74 Å². The molecule has 0 amide bonds. The Bertz CT molecular complexity index is 838. The number of morpholine rings is 1. The van der Waals surface area contributed by atoms with Crippen LogP contribution in [-0.4, -0.2) is 36.2 Å². The predicted octanol–water partition coefficient (Wildman–Crippen LogP) is 4.43. The highest BCUT2D eigenvalue weighted by molar-refractivity contribution is 7.22. The molecule has 1 aliphatic heterocycles. The van der Waals surface area contributed by atoms with Gasteiger partial charge < -0.3 is 10.1 Å². The predicted molar refractivity (Wildman–Crippen MR) is 105 cm³/mol. The zero-order chi connectivity index (χ0) is 17.1. The molecule has 1 N–H and O–H groups in total. The lowest BCUT2D eigenvalue weighted by Gasteiger charge is -2.26. The van der Waals surface area contributed by atoms with E-state index < -0.39 is 0 Å². The van der Waals surface area contributed by atoms with Gasteiger partial charge in [0.05, 0.1) is 23.4 Å². The van der Waals surface area contributed by atoms with E-state index in [-0.39, 0.29) is 0 Å². The molecular weight excluding hydrogens is 330 g/mol. The molecule has 1 aliphatic rings. The third-order valence-corrected chi connectivity index (χ3v) is 5.51. The third-order valence-electron chi connectivity index (χ3n) is 4.58. The van der Waals surface area contributed by atoms with Gasteiger partial charge in [-0.1, -0.05) is 36.5 Å². The largest absolute Gasteiger partial charge is 0.379 e. The Morgan fingerprint density at radius 3 is 2.60 bits per heavy atom. The van der Waals surface area contributed by atoms with Gasteiger partial charge in [0.2, 0.25) is 0 Å². The highest BCUT2D eigenvalue weighted by Crippen LogP contribution is 2.29. The van der Waals surface area contributed by atoms with Crippen molar-refractivity contribution in [2.24, 2.45) is 0 Å². The van der Waals surface area contributed by atoms with E-state index in [1.807, 2.05) is 0 Å². The molecule has 1 aromatic heterocycles. The summed E-state index contributed by atoms with van der Waals surface area (Å²) in [5, 5.41) is 4.38. The molecule has 3 aromatic rings. The van der Waals surface area contributed by atoms with Crippen molar-refractivity contribution in [2.45, 2.75) is 19.9 Å². The molecule has 0 spiro atoms. The number of nitrogens with zero attached hydrogens (tertiary/aromatic N) is 2. The van der Waals surface area contributed by atoms with Crippen LogP contribution in [-0.2, 0) is 17.7 Å². The molecule has 0 atom stereocenters. The van der Waals surface area contributed by atoms with E-state index in [9.17, 15) is 0 Å². The summed E-state index contributed by atoms with van der Waals surface area (Å²) in [6.45, 7) is 6.90. The fourth-order valence-corrected chi connectivity index (χ4v) is 4.03. The lowest BCUT2D eigenvalue weighted by Crippen LogP contribution is -2.35. The third kappa shape index (κ3) is 4.00. The summed E-state index contributed by atoms with van der Waals surface area (Å²) in [7, 11) is 0. The Morgan fingerprint density at radius 1 is 1.08 bits per heavy atom. The molecule has 0 unspecified atom stereocenters. The van der Waals surface area contributed by atoms with Crippen LogP contribution in [0, 0.1) is 0 Å². The molecule has 0 aliphatic carbocycles. The quantitative estimate of drug-likeness (QED) is 0.736. The van der Waals surface area contributed by atoms with Crippen LogP contribution in [0.25, 0.3) is 10.2 Å². The first-order chi connectivity index (χ1) is 12.3. The van der Waals surface area contributed by atoms with E-state index in [0.29, 0.717) is 0 Å². The molecule has 1 saturated heterocycles. The fourth-order valence-electron chi connectivity index (χ4n) is 3.08. The monoisotopic (exact) mass is 353 g/mol. The van der Waals surface area contributed by atoms with Gasteiger partial charge in [-0.25, -0.2) is 4.98 Å². The number of hydrogen-bond acceptors (Lipinski definition) is 5. The van der Waals surface area contributed by atoms with Gasteiger partial charge in [0.25, 0.3) is 0 Å². The maximum atomic E-state index is 5.40. The average molecular weight is 353 g/mol. The van der Waals surface area contributed by atoms with Crippen LogP contribution in [0.15, 0.2) is 42.5 Å². The Kier molecular flexibility index (Phi) is 4.97. The van der Waals surface area contributed by atoms with Gasteiger partial charge in [-0.05, 0) is 41.8 Å². The summed E-state index contributed by atoms with van der Waals surface area (Å²) in [6, 6.07) is 15.2. The van der Waals surface area contributed by atoms with Crippen LogP contribution >= 0.6 is 11.3 Å². The van der Waals surface area contributed by atoms with Gasteiger partial charge in [0.1, 0.15) is 0 Å². The molecule has 4 nitrogen and oxygen atoms in total. The first-order valence-corrected chi connectivity index (χ1v) is 9.67. The number of benzene rings is 2. The second kappa shape index (κ2) is 7.52. The number of aromatic nitrogens is 1. The molecule has 4 rings (SSSR count). The molecule has 2 aromatic carbocycles. The molecule has 130 valence electrons. The second-order valence-electron chi connectivity index (χ2n) is 6.39. The smallest absolute Gasteiger partial charge is 0.188 e. The highest BCUT2D eigenvalue weighted by atomic mass is 32.1.